The van der Waals surface area contributed by atoms with E-state index < -0.39 is 5.82 Å². The van der Waals surface area contributed by atoms with Gasteiger partial charge in [0, 0.05) is 28.3 Å². The smallest absolute Gasteiger partial charge is 0.255 e. The van der Waals surface area contributed by atoms with Crippen molar-refractivity contribution < 1.29 is 23.5 Å². The van der Waals surface area contributed by atoms with E-state index in [1.165, 1.54) is 18.2 Å². The minimum atomic E-state index is -0.456. The summed E-state index contributed by atoms with van der Waals surface area (Å²) in [6.07, 6.45) is 4.03. The molecule has 0 spiro atoms. The highest BCUT2D eigenvalue weighted by Gasteiger charge is 2.19. The molecule has 1 aliphatic rings. The molecule has 0 bridgehead atoms. The first-order valence-electron chi connectivity index (χ1n) is 11.0. The van der Waals surface area contributed by atoms with Crippen LogP contribution in [0.5, 0.6) is 17.2 Å². The third-order valence-electron chi connectivity index (χ3n) is 5.77. The first-order chi connectivity index (χ1) is 17.1. The van der Waals surface area contributed by atoms with Crippen molar-refractivity contribution >= 4 is 34.1 Å². The Morgan fingerprint density at radius 3 is 2.54 bits per heavy atom. The van der Waals surface area contributed by atoms with Crippen LogP contribution in [0.3, 0.4) is 0 Å². The van der Waals surface area contributed by atoms with E-state index in [-0.39, 0.29) is 11.5 Å². The molecular weight excluding hydrogens is 447 g/mol. The average Bonchev–Trinajstić information content (AvgIpc) is 2.88. The minimum Gasteiger partial charge on any atom is -0.493 e. The van der Waals surface area contributed by atoms with Gasteiger partial charge in [-0.05, 0) is 53.9 Å². The Morgan fingerprint density at radius 2 is 1.74 bits per heavy atom. The van der Waals surface area contributed by atoms with Crippen molar-refractivity contribution in [1.82, 2.24) is 0 Å². The van der Waals surface area contributed by atoms with E-state index in [4.69, 9.17) is 14.3 Å². The fraction of sp³-hybridized carbons (Fsp3) is 0.107. The number of hydrogen-bond acceptors (Lipinski definition) is 5. The second-order valence-corrected chi connectivity index (χ2v) is 7.97. The number of nitrogens with one attached hydrogen (secondary N) is 1. The molecule has 1 amide bonds. The fourth-order valence-corrected chi connectivity index (χ4v) is 4.07. The highest BCUT2D eigenvalue weighted by Crippen LogP contribution is 2.38. The molecule has 0 saturated heterocycles. The Kier molecular flexibility index (Phi) is 5.97. The predicted octanol–water partition coefficient (Wildman–Crippen LogP) is 6.08. The lowest BCUT2D eigenvalue weighted by molar-refractivity contribution is 0.102. The maximum absolute atomic E-state index is 13.5. The van der Waals surface area contributed by atoms with Gasteiger partial charge in [0.15, 0.2) is 17.2 Å². The Labute approximate surface area is 202 Å². The van der Waals surface area contributed by atoms with Crippen molar-refractivity contribution in [2.24, 2.45) is 0 Å². The van der Waals surface area contributed by atoms with E-state index in [0.717, 1.165) is 22.0 Å². The highest BCUT2D eigenvalue weighted by molar-refractivity contribution is 6.09. The number of methoxy groups -OCH3 is 2. The summed E-state index contributed by atoms with van der Waals surface area (Å²) < 4.78 is 24.4. The van der Waals surface area contributed by atoms with E-state index in [9.17, 15) is 9.18 Å². The zero-order valence-electron chi connectivity index (χ0n) is 19.2. The van der Waals surface area contributed by atoms with Gasteiger partial charge in [0.1, 0.15) is 5.82 Å². The van der Waals surface area contributed by atoms with Crippen molar-refractivity contribution in [2.45, 2.75) is 0 Å². The number of fused-ring (bicyclic) bond motifs is 2. The Hall–Kier alpha value is -4.52. The zero-order chi connectivity index (χ0) is 24.4. The Morgan fingerprint density at radius 1 is 0.943 bits per heavy atom. The van der Waals surface area contributed by atoms with Crippen LogP contribution in [0, 0.1) is 5.82 Å². The molecule has 0 aromatic heterocycles. The van der Waals surface area contributed by atoms with Crippen molar-refractivity contribution in [3.63, 3.8) is 0 Å². The topological polar surface area (TPSA) is 60.0 Å². The maximum atomic E-state index is 13.5. The summed E-state index contributed by atoms with van der Waals surface area (Å²) in [5.74, 6) is 1.08. The molecule has 4 aromatic rings. The van der Waals surface area contributed by atoms with Crippen LogP contribution in [-0.2, 0) is 0 Å². The molecule has 0 saturated carbocycles. The largest absolute Gasteiger partial charge is 0.493 e. The molecule has 0 unspecified atom stereocenters. The van der Waals surface area contributed by atoms with Gasteiger partial charge in [-0.25, -0.2) is 9.45 Å². The lowest BCUT2D eigenvalue weighted by Crippen LogP contribution is -2.29. The molecule has 0 fully saturated rings. The summed E-state index contributed by atoms with van der Waals surface area (Å²) in [5, 5.41) is 6.39. The van der Waals surface area contributed by atoms with Crippen LogP contribution in [0.2, 0.25) is 0 Å². The van der Waals surface area contributed by atoms with Crippen LogP contribution < -0.4 is 24.7 Å². The molecule has 1 N–H and O–H groups in total. The van der Waals surface area contributed by atoms with Gasteiger partial charge in [0.2, 0.25) is 0 Å². The van der Waals surface area contributed by atoms with Gasteiger partial charge in [-0.1, -0.05) is 30.4 Å². The van der Waals surface area contributed by atoms with Crippen LogP contribution in [-0.4, -0.2) is 26.7 Å². The average molecular weight is 471 g/mol. The van der Waals surface area contributed by atoms with Gasteiger partial charge >= 0.3 is 0 Å². The Balaban J connectivity index is 1.41. The van der Waals surface area contributed by atoms with Crippen molar-refractivity contribution in [1.29, 1.82) is 0 Å². The third kappa shape index (κ3) is 4.48. The quantitative estimate of drug-likeness (QED) is 0.370. The van der Waals surface area contributed by atoms with E-state index in [2.05, 4.69) is 5.32 Å². The first-order valence-corrected chi connectivity index (χ1v) is 11.0. The number of amides is 1. The summed E-state index contributed by atoms with van der Waals surface area (Å²) in [6.45, 7) is 0.560. The van der Waals surface area contributed by atoms with Gasteiger partial charge in [0.25, 0.3) is 5.91 Å². The highest BCUT2D eigenvalue weighted by atomic mass is 19.1. The van der Waals surface area contributed by atoms with E-state index >= 15 is 0 Å². The minimum absolute atomic E-state index is 0.255. The monoisotopic (exact) mass is 470 g/mol. The maximum Gasteiger partial charge on any atom is 0.255 e. The SMILES string of the molecule is COc1cc2c(cc1OC)N(Oc1ccc3c(NC(=O)c4cccc(F)c4)cccc3c1)CC=C2. The molecular formula is C28H23FN2O4. The van der Waals surface area contributed by atoms with Crippen LogP contribution in [0.1, 0.15) is 15.9 Å². The molecule has 6 nitrogen and oxygen atoms in total. The molecule has 0 radical (unpaired) electrons. The number of hydrogen-bond donors (Lipinski definition) is 1. The second kappa shape index (κ2) is 9.38. The van der Waals surface area contributed by atoms with E-state index in [0.29, 0.717) is 29.5 Å². The summed E-state index contributed by atoms with van der Waals surface area (Å²) in [5.41, 5.74) is 2.70. The molecule has 1 heterocycles. The second-order valence-electron chi connectivity index (χ2n) is 7.97. The van der Waals surface area contributed by atoms with Gasteiger partial charge in [-0.3, -0.25) is 4.79 Å². The summed E-state index contributed by atoms with van der Waals surface area (Å²) in [7, 11) is 3.21. The van der Waals surface area contributed by atoms with Gasteiger partial charge in [-0.2, -0.15) is 0 Å². The number of rotatable bonds is 6. The standard InChI is InChI=1S/C28H23FN2O4/c1-33-26-16-19-8-5-13-31(25(19)17-27(26)34-2)35-22-11-12-23-18(15-22)6-4-10-24(23)30-28(32)20-7-3-9-21(29)14-20/h3-12,14-17H,13H2,1-2H3,(H,30,32). The molecule has 7 heteroatoms. The number of carbonyl (C=O) groups excluding carboxylic acids is 1. The van der Waals surface area contributed by atoms with Gasteiger partial charge < -0.3 is 19.6 Å². The van der Waals surface area contributed by atoms with Crippen LogP contribution >= 0.6 is 0 Å². The number of carbonyl (C=O) groups is 1. The first kappa shape index (κ1) is 22.3. The molecule has 1 aliphatic heterocycles. The number of anilines is 2. The number of nitrogens with zero attached hydrogens (tertiary/aromatic N) is 1. The van der Waals surface area contributed by atoms with Gasteiger partial charge in [-0.15, -0.1) is 0 Å². The van der Waals surface area contributed by atoms with Crippen LogP contribution in [0.15, 0.2) is 78.9 Å². The third-order valence-corrected chi connectivity index (χ3v) is 5.77. The molecule has 0 atom stereocenters. The zero-order valence-corrected chi connectivity index (χ0v) is 19.2. The number of benzene rings is 4. The van der Waals surface area contributed by atoms with Crippen molar-refractivity contribution in [3.05, 3.63) is 95.8 Å². The lowest BCUT2D eigenvalue weighted by Gasteiger charge is -2.28. The summed E-state index contributed by atoms with van der Waals surface area (Å²) >= 11 is 0. The predicted molar refractivity (Wildman–Crippen MR) is 135 cm³/mol. The number of hydroxylamine groups is 1. The van der Waals surface area contributed by atoms with Gasteiger partial charge in [0.05, 0.1) is 26.5 Å². The molecule has 4 aromatic carbocycles. The number of ether oxygens (including phenoxy) is 2. The summed E-state index contributed by atoms with van der Waals surface area (Å²) in [4.78, 5) is 18.8. The Bertz CT molecular complexity index is 1450. The molecule has 176 valence electrons. The van der Waals surface area contributed by atoms with E-state index in [1.807, 2.05) is 60.7 Å². The van der Waals surface area contributed by atoms with Crippen molar-refractivity contribution in [2.75, 3.05) is 31.1 Å². The molecule has 35 heavy (non-hydrogen) atoms. The normalized spacial score (nSPS) is 12.3. The molecule has 5 rings (SSSR count). The molecule has 0 aliphatic carbocycles. The van der Waals surface area contributed by atoms with Crippen LogP contribution in [0.4, 0.5) is 15.8 Å². The van der Waals surface area contributed by atoms with E-state index in [1.54, 1.807) is 25.3 Å². The summed E-state index contributed by atoms with van der Waals surface area (Å²) in [6, 6.07) is 20.6. The number of halogens is 1. The fourth-order valence-electron chi connectivity index (χ4n) is 4.07. The lowest BCUT2D eigenvalue weighted by atomic mass is 10.1. The van der Waals surface area contributed by atoms with Crippen LogP contribution in [0.25, 0.3) is 16.8 Å². The van der Waals surface area contributed by atoms with Crippen molar-refractivity contribution in [3.8, 4) is 17.2 Å².